The quantitative estimate of drug-likeness (QED) is 0.439. The van der Waals surface area contributed by atoms with Crippen LogP contribution in [0.2, 0.25) is 0 Å². The minimum atomic E-state index is 0.171. The molecule has 0 bridgehead atoms. The van der Waals surface area contributed by atoms with Gasteiger partial charge in [-0.25, -0.2) is 0 Å². The van der Waals surface area contributed by atoms with E-state index < -0.39 is 0 Å². The molecule has 1 aromatic heterocycles. The number of aromatic nitrogens is 3. The maximum absolute atomic E-state index is 5.82. The van der Waals surface area contributed by atoms with Crippen LogP contribution in [-0.4, -0.2) is 89.8 Å². The zero-order valence-electron chi connectivity index (χ0n) is 19.7. The van der Waals surface area contributed by atoms with E-state index in [0.717, 1.165) is 90.1 Å². The maximum Gasteiger partial charge on any atom is 0.191 e. The van der Waals surface area contributed by atoms with Gasteiger partial charge in [-0.15, -0.1) is 10.2 Å². The first kappa shape index (κ1) is 23.4. The molecule has 4 rings (SSSR count). The Labute approximate surface area is 192 Å². The lowest BCUT2D eigenvalue weighted by atomic mass is 9.80. The average Bonchev–Trinajstić information content (AvgIpc) is 3.53. The lowest BCUT2D eigenvalue weighted by molar-refractivity contribution is -0.0333. The molecule has 3 fully saturated rings. The van der Waals surface area contributed by atoms with Gasteiger partial charge in [-0.1, -0.05) is 26.2 Å². The van der Waals surface area contributed by atoms with E-state index in [9.17, 15) is 0 Å². The van der Waals surface area contributed by atoms with Crippen molar-refractivity contribution < 1.29 is 9.47 Å². The fourth-order valence-corrected chi connectivity index (χ4v) is 5.27. The summed E-state index contributed by atoms with van der Waals surface area (Å²) in [7, 11) is 0. The average molecular weight is 448 g/mol. The third kappa shape index (κ3) is 6.20. The summed E-state index contributed by atoms with van der Waals surface area (Å²) in [6, 6.07) is 0. The number of morpholine rings is 1. The zero-order valence-corrected chi connectivity index (χ0v) is 19.7. The standard InChI is InChI=1S/C23H41N7O2/c1-2-21-28-27-19-29(21)11-10-24-22(25-17-20-7-6-14-32-20)26-18-23(8-4-3-5-9-23)30-12-15-31-16-13-30/h19-20H,2-18H2,1H3,(H2,24,25,26). The second-order valence-corrected chi connectivity index (χ2v) is 9.29. The summed E-state index contributed by atoms with van der Waals surface area (Å²) < 4.78 is 13.6. The first-order valence-electron chi connectivity index (χ1n) is 12.6. The van der Waals surface area contributed by atoms with E-state index >= 15 is 0 Å². The van der Waals surface area contributed by atoms with Crippen molar-refractivity contribution in [3.8, 4) is 0 Å². The van der Waals surface area contributed by atoms with Crippen LogP contribution in [0.4, 0.5) is 0 Å². The van der Waals surface area contributed by atoms with Crippen molar-refractivity contribution in [2.45, 2.75) is 76.5 Å². The van der Waals surface area contributed by atoms with Crippen molar-refractivity contribution in [3.63, 3.8) is 0 Å². The molecule has 3 aliphatic rings. The van der Waals surface area contributed by atoms with Crippen molar-refractivity contribution in [3.05, 3.63) is 12.2 Å². The number of nitrogens with one attached hydrogen (secondary N) is 2. The second-order valence-electron chi connectivity index (χ2n) is 9.29. The Kier molecular flexibility index (Phi) is 8.76. The van der Waals surface area contributed by atoms with E-state index in [4.69, 9.17) is 14.5 Å². The van der Waals surface area contributed by atoms with E-state index in [2.05, 4.69) is 37.2 Å². The SMILES string of the molecule is CCc1nncn1CCNC(=NCC1(N2CCOCC2)CCCCC1)NCC1CCCO1. The number of nitrogens with zero attached hydrogens (tertiary/aromatic N) is 5. The molecule has 1 aliphatic carbocycles. The topological polar surface area (TPSA) is 88.8 Å². The minimum absolute atomic E-state index is 0.171. The smallest absolute Gasteiger partial charge is 0.191 e. The molecule has 1 saturated carbocycles. The van der Waals surface area contributed by atoms with Crippen LogP contribution in [0.1, 0.15) is 57.7 Å². The normalized spacial score (nSPS) is 24.5. The molecule has 0 radical (unpaired) electrons. The van der Waals surface area contributed by atoms with Gasteiger partial charge in [0.1, 0.15) is 12.2 Å². The minimum Gasteiger partial charge on any atom is -0.379 e. The highest BCUT2D eigenvalue weighted by atomic mass is 16.5. The molecule has 2 N–H and O–H groups in total. The van der Waals surface area contributed by atoms with Crippen LogP contribution in [0, 0.1) is 0 Å². The molecular formula is C23H41N7O2. The van der Waals surface area contributed by atoms with Gasteiger partial charge in [0.2, 0.25) is 0 Å². The summed E-state index contributed by atoms with van der Waals surface area (Å²) in [4.78, 5) is 7.79. The molecule has 2 saturated heterocycles. The van der Waals surface area contributed by atoms with E-state index in [0.29, 0.717) is 0 Å². The van der Waals surface area contributed by atoms with E-state index in [-0.39, 0.29) is 11.6 Å². The molecule has 32 heavy (non-hydrogen) atoms. The van der Waals surface area contributed by atoms with Gasteiger partial charge in [-0.3, -0.25) is 9.89 Å². The van der Waals surface area contributed by atoms with Crippen LogP contribution >= 0.6 is 0 Å². The number of hydrogen-bond acceptors (Lipinski definition) is 6. The zero-order chi connectivity index (χ0) is 22.1. The highest BCUT2D eigenvalue weighted by Crippen LogP contribution is 2.34. The van der Waals surface area contributed by atoms with Gasteiger partial charge in [0.25, 0.3) is 0 Å². The summed E-state index contributed by atoms with van der Waals surface area (Å²) in [5, 5.41) is 15.3. The van der Waals surface area contributed by atoms with Crippen LogP contribution in [0.15, 0.2) is 11.3 Å². The van der Waals surface area contributed by atoms with E-state index in [1.54, 1.807) is 0 Å². The van der Waals surface area contributed by atoms with Gasteiger partial charge >= 0.3 is 0 Å². The van der Waals surface area contributed by atoms with Crippen LogP contribution in [0.5, 0.6) is 0 Å². The van der Waals surface area contributed by atoms with Crippen LogP contribution in [0.25, 0.3) is 0 Å². The van der Waals surface area contributed by atoms with Crippen molar-refractivity contribution in [1.29, 1.82) is 0 Å². The number of aliphatic imine (C=N–C) groups is 1. The first-order valence-corrected chi connectivity index (χ1v) is 12.6. The number of guanidine groups is 1. The van der Waals surface area contributed by atoms with Crippen molar-refractivity contribution >= 4 is 5.96 Å². The van der Waals surface area contributed by atoms with Crippen LogP contribution in [-0.2, 0) is 22.4 Å². The van der Waals surface area contributed by atoms with Crippen molar-refractivity contribution in [2.24, 2.45) is 4.99 Å². The molecule has 0 spiro atoms. The Balaban J connectivity index is 1.40. The first-order chi connectivity index (χ1) is 15.8. The summed E-state index contributed by atoms with van der Waals surface area (Å²) in [5.41, 5.74) is 0.171. The second kappa shape index (κ2) is 12.0. The Bertz CT molecular complexity index is 705. The predicted octanol–water partition coefficient (Wildman–Crippen LogP) is 1.59. The predicted molar refractivity (Wildman–Crippen MR) is 125 cm³/mol. The Morgan fingerprint density at radius 3 is 2.75 bits per heavy atom. The van der Waals surface area contributed by atoms with Crippen LogP contribution < -0.4 is 10.6 Å². The number of hydrogen-bond donors (Lipinski definition) is 2. The van der Waals surface area contributed by atoms with Gasteiger partial charge in [-0.2, -0.15) is 0 Å². The Morgan fingerprint density at radius 2 is 2.00 bits per heavy atom. The van der Waals surface area contributed by atoms with Crippen molar-refractivity contribution in [2.75, 3.05) is 52.5 Å². The fourth-order valence-electron chi connectivity index (χ4n) is 5.27. The summed E-state index contributed by atoms with van der Waals surface area (Å²) in [6.07, 6.45) is 11.7. The third-order valence-corrected chi connectivity index (χ3v) is 7.18. The molecule has 0 aromatic carbocycles. The molecule has 180 valence electrons. The van der Waals surface area contributed by atoms with Crippen molar-refractivity contribution in [1.82, 2.24) is 30.3 Å². The molecule has 1 atom stereocenters. The lowest BCUT2D eigenvalue weighted by Crippen LogP contribution is -2.56. The number of rotatable bonds is 9. The molecular weight excluding hydrogens is 406 g/mol. The monoisotopic (exact) mass is 447 g/mol. The highest BCUT2D eigenvalue weighted by Gasteiger charge is 2.38. The molecule has 1 unspecified atom stereocenters. The Hall–Kier alpha value is -1.71. The lowest BCUT2D eigenvalue weighted by Gasteiger charge is -2.47. The molecule has 3 heterocycles. The number of ether oxygens (including phenoxy) is 2. The highest BCUT2D eigenvalue weighted by molar-refractivity contribution is 5.79. The largest absolute Gasteiger partial charge is 0.379 e. The molecule has 2 aliphatic heterocycles. The number of aryl methyl sites for hydroxylation is 1. The van der Waals surface area contributed by atoms with Gasteiger partial charge in [0.15, 0.2) is 5.96 Å². The molecule has 9 nitrogen and oxygen atoms in total. The van der Waals surface area contributed by atoms with Gasteiger partial charge in [0.05, 0.1) is 25.9 Å². The van der Waals surface area contributed by atoms with E-state index in [1.807, 2.05) is 6.33 Å². The third-order valence-electron chi connectivity index (χ3n) is 7.18. The van der Waals surface area contributed by atoms with Gasteiger partial charge < -0.3 is 24.7 Å². The van der Waals surface area contributed by atoms with Gasteiger partial charge in [-0.05, 0) is 25.7 Å². The summed E-state index contributed by atoms with van der Waals surface area (Å²) in [6.45, 7) is 9.96. The maximum atomic E-state index is 5.82. The molecule has 1 aromatic rings. The summed E-state index contributed by atoms with van der Waals surface area (Å²) >= 11 is 0. The molecule has 0 amide bonds. The van der Waals surface area contributed by atoms with E-state index in [1.165, 1.54) is 32.1 Å². The summed E-state index contributed by atoms with van der Waals surface area (Å²) in [5.74, 6) is 1.91. The fraction of sp³-hybridized carbons (Fsp3) is 0.870. The molecule has 9 heteroatoms. The van der Waals surface area contributed by atoms with Gasteiger partial charge in [0, 0.05) is 51.3 Å². The Morgan fingerprint density at radius 1 is 1.16 bits per heavy atom. The van der Waals surface area contributed by atoms with Crippen LogP contribution in [0.3, 0.4) is 0 Å².